The number of aromatic nitrogens is 3. The maximum absolute atomic E-state index is 12.7. The highest BCUT2D eigenvalue weighted by molar-refractivity contribution is 7.89. The van der Waals surface area contributed by atoms with Crippen molar-refractivity contribution in [3.8, 4) is 0 Å². The summed E-state index contributed by atoms with van der Waals surface area (Å²) in [5, 5.41) is 2.87. The number of carbonyl (C=O) groups excluding carboxylic acids is 1. The third kappa shape index (κ3) is 4.80. The molecule has 154 valence electrons. The van der Waals surface area contributed by atoms with E-state index in [4.69, 9.17) is 0 Å². The number of rotatable bonds is 9. The van der Waals surface area contributed by atoms with Crippen LogP contribution in [0.2, 0.25) is 0 Å². The zero-order chi connectivity index (χ0) is 20.9. The molecule has 0 fully saturated rings. The molecule has 2 heterocycles. The van der Waals surface area contributed by atoms with Crippen LogP contribution in [0.25, 0.3) is 11.0 Å². The normalized spacial score (nSPS) is 11.8. The molecule has 0 atom stereocenters. The van der Waals surface area contributed by atoms with Gasteiger partial charge in [0.2, 0.25) is 15.9 Å². The maximum atomic E-state index is 12.7. The molecule has 1 aromatic carbocycles. The first-order chi connectivity index (χ1) is 14.0. The van der Waals surface area contributed by atoms with Gasteiger partial charge in [-0.15, -0.1) is 0 Å². The highest BCUT2D eigenvalue weighted by Crippen LogP contribution is 2.21. The van der Waals surface area contributed by atoms with E-state index in [9.17, 15) is 13.2 Å². The summed E-state index contributed by atoms with van der Waals surface area (Å²) in [6.45, 7) is 5.35. The first-order valence-corrected chi connectivity index (χ1v) is 11.0. The van der Waals surface area contributed by atoms with Crippen LogP contribution >= 0.6 is 0 Å². The second-order valence-electron chi connectivity index (χ2n) is 6.57. The van der Waals surface area contributed by atoms with E-state index >= 15 is 0 Å². The van der Waals surface area contributed by atoms with Gasteiger partial charge in [0.15, 0.2) is 0 Å². The fourth-order valence-corrected chi connectivity index (χ4v) is 4.59. The number of fused-ring (bicyclic) bond motifs is 1. The number of sulfonamides is 1. The highest BCUT2D eigenvalue weighted by Gasteiger charge is 2.22. The van der Waals surface area contributed by atoms with E-state index in [1.807, 2.05) is 30.5 Å². The summed E-state index contributed by atoms with van der Waals surface area (Å²) in [5.41, 5.74) is 2.33. The summed E-state index contributed by atoms with van der Waals surface area (Å²) in [5.74, 6) is -0.0727. The Bertz CT molecular complexity index is 1080. The predicted molar refractivity (Wildman–Crippen MR) is 111 cm³/mol. The molecule has 0 aliphatic heterocycles. The fraction of sp³-hybridized carbons (Fsp3) is 0.350. The van der Waals surface area contributed by atoms with Crippen molar-refractivity contribution in [2.75, 3.05) is 13.1 Å². The Morgan fingerprint density at radius 2 is 2.00 bits per heavy atom. The Morgan fingerprint density at radius 1 is 1.21 bits per heavy atom. The van der Waals surface area contributed by atoms with Crippen LogP contribution in [-0.4, -0.2) is 46.3 Å². The third-order valence-corrected chi connectivity index (χ3v) is 6.77. The average Bonchev–Trinajstić information content (AvgIpc) is 3.14. The summed E-state index contributed by atoms with van der Waals surface area (Å²) in [7, 11) is -3.53. The zero-order valence-electron chi connectivity index (χ0n) is 16.6. The van der Waals surface area contributed by atoms with Gasteiger partial charge in [0.1, 0.15) is 0 Å². The van der Waals surface area contributed by atoms with Gasteiger partial charge in [-0.3, -0.25) is 9.78 Å². The van der Waals surface area contributed by atoms with Gasteiger partial charge >= 0.3 is 0 Å². The van der Waals surface area contributed by atoms with Crippen molar-refractivity contribution in [1.82, 2.24) is 24.2 Å². The molecule has 0 radical (unpaired) electrons. The lowest BCUT2D eigenvalue weighted by Gasteiger charge is -2.18. The summed E-state index contributed by atoms with van der Waals surface area (Å²) >= 11 is 0. The van der Waals surface area contributed by atoms with E-state index in [0.29, 0.717) is 38.1 Å². The van der Waals surface area contributed by atoms with E-state index in [2.05, 4.69) is 15.3 Å². The number of pyridine rings is 1. The molecular formula is C20H25N5O3S. The highest BCUT2D eigenvalue weighted by atomic mass is 32.2. The van der Waals surface area contributed by atoms with E-state index in [0.717, 1.165) is 11.1 Å². The molecule has 0 aliphatic carbocycles. The number of benzene rings is 1. The van der Waals surface area contributed by atoms with Crippen LogP contribution in [0, 0.1) is 0 Å². The third-order valence-electron chi connectivity index (χ3n) is 4.73. The molecule has 0 bridgehead atoms. The number of imidazole rings is 1. The minimum absolute atomic E-state index is 0.0727. The molecule has 0 unspecified atom stereocenters. The zero-order valence-corrected chi connectivity index (χ0v) is 17.4. The minimum Gasteiger partial charge on any atom is -0.352 e. The van der Waals surface area contributed by atoms with Crippen molar-refractivity contribution in [3.63, 3.8) is 0 Å². The van der Waals surface area contributed by atoms with Crippen molar-refractivity contribution in [2.24, 2.45) is 0 Å². The maximum Gasteiger partial charge on any atom is 0.243 e. The van der Waals surface area contributed by atoms with Crippen molar-refractivity contribution < 1.29 is 13.2 Å². The predicted octanol–water partition coefficient (Wildman–Crippen LogP) is 2.17. The number of carbonyl (C=O) groups is 1. The molecule has 0 saturated heterocycles. The summed E-state index contributed by atoms with van der Waals surface area (Å²) < 4.78 is 28.6. The van der Waals surface area contributed by atoms with Gasteiger partial charge in [0.25, 0.3) is 0 Å². The first kappa shape index (κ1) is 20.9. The Kier molecular flexibility index (Phi) is 6.60. The van der Waals surface area contributed by atoms with Crippen LogP contribution in [0.4, 0.5) is 0 Å². The fourth-order valence-electron chi connectivity index (χ4n) is 3.11. The molecule has 9 heteroatoms. The SMILES string of the molecule is CCN(CC)S(=O)(=O)c1ccc2c(c1)ncn2CCC(=O)NCc1cccnc1. The van der Waals surface area contributed by atoms with Crippen LogP contribution in [0.15, 0.2) is 53.9 Å². The van der Waals surface area contributed by atoms with Gasteiger partial charge in [-0.25, -0.2) is 13.4 Å². The monoisotopic (exact) mass is 415 g/mol. The summed E-state index contributed by atoms with van der Waals surface area (Å²) in [4.78, 5) is 20.7. The van der Waals surface area contributed by atoms with Crippen molar-refractivity contribution in [3.05, 3.63) is 54.6 Å². The second kappa shape index (κ2) is 9.15. The molecule has 8 nitrogen and oxygen atoms in total. The number of hydrogen-bond acceptors (Lipinski definition) is 5. The van der Waals surface area contributed by atoms with E-state index in [1.54, 1.807) is 36.9 Å². The topological polar surface area (TPSA) is 97.2 Å². The quantitative estimate of drug-likeness (QED) is 0.578. The lowest BCUT2D eigenvalue weighted by molar-refractivity contribution is -0.121. The molecule has 0 aliphatic rings. The van der Waals surface area contributed by atoms with Crippen molar-refractivity contribution in [2.45, 2.75) is 38.3 Å². The largest absolute Gasteiger partial charge is 0.352 e. The van der Waals surface area contributed by atoms with Gasteiger partial charge in [0.05, 0.1) is 22.3 Å². The lowest BCUT2D eigenvalue weighted by Crippen LogP contribution is -2.30. The molecule has 3 rings (SSSR count). The van der Waals surface area contributed by atoms with E-state index < -0.39 is 10.0 Å². The van der Waals surface area contributed by atoms with Crippen molar-refractivity contribution >= 4 is 27.0 Å². The van der Waals surface area contributed by atoms with Crippen LogP contribution in [0.5, 0.6) is 0 Å². The average molecular weight is 416 g/mol. The van der Waals surface area contributed by atoms with Gasteiger partial charge in [0, 0.05) is 45.0 Å². The first-order valence-electron chi connectivity index (χ1n) is 9.56. The molecule has 1 amide bonds. The summed E-state index contributed by atoms with van der Waals surface area (Å²) in [6.07, 6.45) is 5.33. The molecule has 0 saturated carbocycles. The lowest BCUT2D eigenvalue weighted by atomic mass is 10.3. The molecule has 1 N–H and O–H groups in total. The van der Waals surface area contributed by atoms with Crippen LogP contribution < -0.4 is 5.32 Å². The number of hydrogen-bond donors (Lipinski definition) is 1. The van der Waals surface area contributed by atoms with Crippen molar-refractivity contribution in [1.29, 1.82) is 0 Å². The molecule has 3 aromatic rings. The van der Waals surface area contributed by atoms with Gasteiger partial charge < -0.3 is 9.88 Å². The summed E-state index contributed by atoms with van der Waals surface area (Å²) in [6, 6.07) is 8.65. The van der Waals surface area contributed by atoms with Gasteiger partial charge in [-0.1, -0.05) is 19.9 Å². The second-order valence-corrected chi connectivity index (χ2v) is 8.50. The molecule has 29 heavy (non-hydrogen) atoms. The number of amides is 1. The minimum atomic E-state index is -3.53. The molecule has 0 spiro atoms. The Labute approximate surface area is 170 Å². The van der Waals surface area contributed by atoms with Gasteiger partial charge in [-0.2, -0.15) is 4.31 Å². The Hall–Kier alpha value is -2.78. The standard InChI is InChI=1S/C20H25N5O3S/c1-3-25(4-2)29(27,28)17-7-8-19-18(12-17)23-15-24(19)11-9-20(26)22-14-16-6-5-10-21-13-16/h5-8,10,12-13,15H,3-4,9,11,14H2,1-2H3,(H,22,26). The smallest absolute Gasteiger partial charge is 0.243 e. The van der Waals surface area contributed by atoms with Crippen LogP contribution in [0.3, 0.4) is 0 Å². The Morgan fingerprint density at radius 3 is 2.69 bits per heavy atom. The number of nitrogens with one attached hydrogen (secondary N) is 1. The molecule has 2 aromatic heterocycles. The van der Waals surface area contributed by atoms with Crippen LogP contribution in [-0.2, 0) is 27.9 Å². The van der Waals surface area contributed by atoms with Gasteiger partial charge in [-0.05, 0) is 29.8 Å². The van der Waals surface area contributed by atoms with Crippen LogP contribution in [0.1, 0.15) is 25.8 Å². The Balaban J connectivity index is 1.66. The van der Waals surface area contributed by atoms with E-state index in [-0.39, 0.29) is 10.8 Å². The number of aryl methyl sites for hydroxylation is 1. The number of nitrogens with zero attached hydrogens (tertiary/aromatic N) is 4. The molecular weight excluding hydrogens is 390 g/mol. The van der Waals surface area contributed by atoms with E-state index in [1.165, 1.54) is 4.31 Å².